The number of hydrogen-bond donors (Lipinski definition) is 1. The third-order valence-corrected chi connectivity index (χ3v) is 3.53. The summed E-state index contributed by atoms with van der Waals surface area (Å²) in [5.41, 5.74) is 7.40. The summed E-state index contributed by atoms with van der Waals surface area (Å²) in [6.07, 6.45) is 4.88. The van der Waals surface area contributed by atoms with Crippen LogP contribution in [0.15, 0.2) is 16.9 Å². The largest absolute Gasteiger partial charge is 0.399 e. The lowest BCUT2D eigenvalue weighted by Crippen LogP contribution is -2.36. The highest BCUT2D eigenvalue weighted by molar-refractivity contribution is 5.39. The van der Waals surface area contributed by atoms with Crippen molar-refractivity contribution in [2.75, 3.05) is 5.73 Å². The molecule has 1 saturated carbocycles. The van der Waals surface area contributed by atoms with Gasteiger partial charge in [-0.2, -0.15) is 0 Å². The first kappa shape index (κ1) is 12.2. The topological polar surface area (TPSA) is 48.0 Å². The van der Waals surface area contributed by atoms with E-state index in [2.05, 4.69) is 20.8 Å². The van der Waals surface area contributed by atoms with Crippen molar-refractivity contribution in [1.29, 1.82) is 0 Å². The quantitative estimate of drug-likeness (QED) is 0.812. The molecule has 1 fully saturated rings. The van der Waals surface area contributed by atoms with Crippen molar-refractivity contribution in [2.45, 2.75) is 57.9 Å². The zero-order valence-electron chi connectivity index (χ0n) is 11.0. The fourth-order valence-electron chi connectivity index (χ4n) is 2.85. The van der Waals surface area contributed by atoms with Crippen molar-refractivity contribution >= 4 is 5.69 Å². The fourth-order valence-corrected chi connectivity index (χ4v) is 2.85. The minimum atomic E-state index is -0.178. The van der Waals surface area contributed by atoms with E-state index in [0.29, 0.717) is 11.6 Å². The summed E-state index contributed by atoms with van der Waals surface area (Å²) >= 11 is 0. The van der Waals surface area contributed by atoms with Gasteiger partial charge in [0.05, 0.1) is 0 Å². The van der Waals surface area contributed by atoms with Crippen LogP contribution < -0.4 is 11.3 Å². The summed E-state index contributed by atoms with van der Waals surface area (Å²) in [5, 5.41) is 0. The number of aromatic nitrogens is 1. The molecule has 0 unspecified atom stereocenters. The minimum Gasteiger partial charge on any atom is -0.399 e. The number of nitrogens with zero attached hydrogens (tertiary/aromatic N) is 1. The first-order chi connectivity index (χ1) is 7.89. The van der Waals surface area contributed by atoms with Crippen LogP contribution in [0, 0.1) is 0 Å². The molecular formula is C14H22N2O. The van der Waals surface area contributed by atoms with E-state index in [4.69, 9.17) is 5.73 Å². The summed E-state index contributed by atoms with van der Waals surface area (Å²) in [7, 11) is 0. The van der Waals surface area contributed by atoms with Crippen molar-refractivity contribution < 1.29 is 0 Å². The van der Waals surface area contributed by atoms with E-state index in [1.54, 1.807) is 0 Å². The average Bonchev–Trinajstić information content (AvgIpc) is 2.65. The van der Waals surface area contributed by atoms with Gasteiger partial charge in [-0.3, -0.25) is 4.79 Å². The number of nitrogens with two attached hydrogens (primary N) is 1. The molecule has 0 amide bonds. The van der Waals surface area contributed by atoms with Gasteiger partial charge in [-0.25, -0.2) is 0 Å². The Morgan fingerprint density at radius 3 is 2.35 bits per heavy atom. The molecule has 0 aliphatic heterocycles. The molecule has 1 aliphatic rings. The fraction of sp³-hybridized carbons (Fsp3) is 0.643. The molecule has 0 atom stereocenters. The first-order valence-electron chi connectivity index (χ1n) is 6.42. The predicted molar refractivity (Wildman–Crippen MR) is 71.3 cm³/mol. The molecule has 3 heteroatoms. The standard InChI is InChI=1S/C14H22N2O/c1-14(2,3)16-12(10-6-4-5-7-10)8-11(15)9-13(16)17/h8-10H,4-7,15H2,1-3H3. The van der Waals surface area contributed by atoms with Crippen LogP contribution in [0.1, 0.15) is 58.1 Å². The normalized spacial score (nSPS) is 17.6. The Labute approximate surface area is 103 Å². The van der Waals surface area contributed by atoms with E-state index < -0.39 is 0 Å². The monoisotopic (exact) mass is 234 g/mol. The Morgan fingerprint density at radius 2 is 1.82 bits per heavy atom. The first-order valence-corrected chi connectivity index (χ1v) is 6.42. The Balaban J connectivity index is 2.59. The lowest BCUT2D eigenvalue weighted by molar-refractivity contribution is 0.361. The third-order valence-electron chi connectivity index (χ3n) is 3.53. The zero-order chi connectivity index (χ0) is 12.6. The summed E-state index contributed by atoms with van der Waals surface area (Å²) in [4.78, 5) is 12.1. The van der Waals surface area contributed by atoms with E-state index in [1.165, 1.54) is 31.7 Å². The second-order valence-corrected chi connectivity index (χ2v) is 6.04. The Morgan fingerprint density at radius 1 is 1.24 bits per heavy atom. The molecule has 1 aliphatic carbocycles. The maximum Gasteiger partial charge on any atom is 0.253 e. The lowest BCUT2D eigenvalue weighted by atomic mass is 9.98. The predicted octanol–water partition coefficient (Wildman–Crippen LogP) is 2.84. The summed E-state index contributed by atoms with van der Waals surface area (Å²) in [5.74, 6) is 0.505. The molecule has 1 aromatic heterocycles. The second kappa shape index (κ2) is 4.21. The van der Waals surface area contributed by atoms with Crippen LogP contribution >= 0.6 is 0 Å². The summed E-state index contributed by atoms with van der Waals surface area (Å²) in [6.45, 7) is 6.22. The second-order valence-electron chi connectivity index (χ2n) is 6.04. The molecule has 2 N–H and O–H groups in total. The highest BCUT2D eigenvalue weighted by atomic mass is 16.1. The molecule has 0 aromatic carbocycles. The van der Waals surface area contributed by atoms with Crippen LogP contribution in [-0.4, -0.2) is 4.57 Å². The van der Waals surface area contributed by atoms with Gasteiger partial charge in [0, 0.05) is 23.0 Å². The van der Waals surface area contributed by atoms with Crippen LogP contribution in [0.25, 0.3) is 0 Å². The van der Waals surface area contributed by atoms with Gasteiger partial charge >= 0.3 is 0 Å². The van der Waals surface area contributed by atoms with Crippen LogP contribution in [0.4, 0.5) is 5.69 Å². The van der Waals surface area contributed by atoms with E-state index in [1.807, 2.05) is 10.6 Å². The maximum atomic E-state index is 12.1. The van der Waals surface area contributed by atoms with Gasteiger partial charge < -0.3 is 10.3 Å². The molecule has 17 heavy (non-hydrogen) atoms. The number of pyridine rings is 1. The van der Waals surface area contributed by atoms with Gasteiger partial charge in [0.15, 0.2) is 0 Å². The summed E-state index contributed by atoms with van der Waals surface area (Å²) in [6, 6.07) is 3.52. The number of nitrogen functional groups attached to an aromatic ring is 1. The van der Waals surface area contributed by atoms with Gasteiger partial charge in [-0.05, 0) is 45.6 Å². The van der Waals surface area contributed by atoms with Gasteiger partial charge in [0.2, 0.25) is 0 Å². The van der Waals surface area contributed by atoms with E-state index in [-0.39, 0.29) is 11.1 Å². The van der Waals surface area contributed by atoms with E-state index in [0.717, 1.165) is 5.69 Å². The molecule has 1 aromatic rings. The van der Waals surface area contributed by atoms with Crippen molar-refractivity contribution in [2.24, 2.45) is 0 Å². The van der Waals surface area contributed by atoms with E-state index in [9.17, 15) is 4.79 Å². The van der Waals surface area contributed by atoms with Gasteiger partial charge in [-0.1, -0.05) is 12.8 Å². The molecule has 0 bridgehead atoms. The SMILES string of the molecule is CC(C)(C)n1c(C2CCCC2)cc(N)cc1=O. The minimum absolute atomic E-state index is 0.0272. The molecular weight excluding hydrogens is 212 g/mol. The summed E-state index contributed by atoms with van der Waals surface area (Å²) < 4.78 is 1.92. The third kappa shape index (κ3) is 2.38. The van der Waals surface area contributed by atoms with Gasteiger partial charge in [0.1, 0.15) is 0 Å². The highest BCUT2D eigenvalue weighted by Gasteiger charge is 2.25. The van der Waals surface area contributed by atoms with Crippen molar-refractivity contribution in [3.8, 4) is 0 Å². The molecule has 0 spiro atoms. The molecule has 94 valence electrons. The van der Waals surface area contributed by atoms with Crippen molar-refractivity contribution in [3.05, 3.63) is 28.2 Å². The smallest absolute Gasteiger partial charge is 0.253 e. The lowest BCUT2D eigenvalue weighted by Gasteiger charge is -2.28. The molecule has 0 saturated heterocycles. The number of hydrogen-bond acceptors (Lipinski definition) is 2. The van der Waals surface area contributed by atoms with Gasteiger partial charge in [-0.15, -0.1) is 0 Å². The Bertz CT molecular complexity index is 462. The molecule has 2 rings (SSSR count). The van der Waals surface area contributed by atoms with Crippen LogP contribution in [-0.2, 0) is 5.54 Å². The maximum absolute atomic E-state index is 12.1. The van der Waals surface area contributed by atoms with Crippen LogP contribution in [0.3, 0.4) is 0 Å². The van der Waals surface area contributed by atoms with Crippen molar-refractivity contribution in [3.63, 3.8) is 0 Å². The molecule has 1 heterocycles. The number of rotatable bonds is 1. The van der Waals surface area contributed by atoms with E-state index >= 15 is 0 Å². The van der Waals surface area contributed by atoms with Crippen LogP contribution in [0.5, 0.6) is 0 Å². The van der Waals surface area contributed by atoms with Crippen LogP contribution in [0.2, 0.25) is 0 Å². The highest BCUT2D eigenvalue weighted by Crippen LogP contribution is 2.35. The van der Waals surface area contributed by atoms with Gasteiger partial charge in [0.25, 0.3) is 5.56 Å². The zero-order valence-corrected chi connectivity index (χ0v) is 11.0. The van der Waals surface area contributed by atoms with Crippen molar-refractivity contribution in [1.82, 2.24) is 4.57 Å². The number of anilines is 1. The Hall–Kier alpha value is -1.25. The molecule has 3 nitrogen and oxygen atoms in total. The average molecular weight is 234 g/mol. The molecule has 0 radical (unpaired) electrons. The Kier molecular flexibility index (Phi) is 3.02.